The van der Waals surface area contributed by atoms with Gasteiger partial charge in [-0.3, -0.25) is 4.98 Å². The second kappa shape index (κ2) is 7.77. The second-order valence-electron chi connectivity index (χ2n) is 5.50. The molecule has 0 N–H and O–H groups in total. The molecule has 2 nitrogen and oxygen atoms in total. The average Bonchev–Trinajstić information content (AvgIpc) is 2.48. The quantitative estimate of drug-likeness (QED) is 0.782. The van der Waals surface area contributed by atoms with Gasteiger partial charge in [0.05, 0.1) is 5.69 Å². The SMILES string of the molecule is CC.CC(C)(C)c1ccc(OCc2ccccn2)c(F)c1. The first-order chi connectivity index (χ1) is 9.97. The highest BCUT2D eigenvalue weighted by Crippen LogP contribution is 2.27. The van der Waals surface area contributed by atoms with E-state index in [2.05, 4.69) is 25.8 Å². The summed E-state index contributed by atoms with van der Waals surface area (Å²) in [5, 5.41) is 0. The lowest BCUT2D eigenvalue weighted by atomic mass is 9.87. The smallest absolute Gasteiger partial charge is 0.165 e. The van der Waals surface area contributed by atoms with Crippen molar-refractivity contribution in [2.24, 2.45) is 0 Å². The third-order valence-electron chi connectivity index (χ3n) is 2.90. The van der Waals surface area contributed by atoms with Gasteiger partial charge in [-0.05, 0) is 35.2 Å². The number of halogens is 1. The van der Waals surface area contributed by atoms with Gasteiger partial charge in [-0.1, -0.05) is 46.8 Å². The van der Waals surface area contributed by atoms with Gasteiger partial charge in [0.2, 0.25) is 0 Å². The predicted octanol–water partition coefficient (Wildman–Crippen LogP) is 5.12. The summed E-state index contributed by atoms with van der Waals surface area (Å²) in [5.41, 5.74) is 1.66. The highest BCUT2D eigenvalue weighted by molar-refractivity contribution is 5.32. The van der Waals surface area contributed by atoms with Crippen LogP contribution in [-0.4, -0.2) is 4.98 Å². The maximum atomic E-state index is 13.9. The van der Waals surface area contributed by atoms with E-state index in [9.17, 15) is 4.39 Å². The van der Waals surface area contributed by atoms with E-state index < -0.39 is 0 Å². The van der Waals surface area contributed by atoms with Crippen molar-refractivity contribution in [3.8, 4) is 5.75 Å². The Morgan fingerprint density at radius 1 is 1.10 bits per heavy atom. The Bertz CT molecular complexity index is 547. The first-order valence-electron chi connectivity index (χ1n) is 7.29. The van der Waals surface area contributed by atoms with E-state index in [0.29, 0.717) is 0 Å². The Labute approximate surface area is 127 Å². The highest BCUT2D eigenvalue weighted by Gasteiger charge is 2.16. The Morgan fingerprint density at radius 2 is 1.81 bits per heavy atom. The number of aromatic nitrogens is 1. The van der Waals surface area contributed by atoms with Gasteiger partial charge in [0, 0.05) is 6.20 Å². The number of hydrogen-bond acceptors (Lipinski definition) is 2. The van der Waals surface area contributed by atoms with Crippen molar-refractivity contribution in [2.45, 2.75) is 46.6 Å². The lowest BCUT2D eigenvalue weighted by molar-refractivity contribution is 0.285. The van der Waals surface area contributed by atoms with Crippen LogP contribution in [0.25, 0.3) is 0 Å². The first kappa shape index (κ1) is 17.2. The Kier molecular flexibility index (Phi) is 6.35. The van der Waals surface area contributed by atoms with Gasteiger partial charge in [-0.15, -0.1) is 0 Å². The van der Waals surface area contributed by atoms with Crippen LogP contribution in [0.4, 0.5) is 4.39 Å². The standard InChI is InChI=1S/C16H18FNO.C2H6/c1-16(2,3)12-7-8-15(14(17)10-12)19-11-13-6-4-5-9-18-13;1-2/h4-10H,11H2,1-3H3;1-2H3. The molecular formula is C18H24FNO. The number of pyridine rings is 1. The lowest BCUT2D eigenvalue weighted by Gasteiger charge is -2.19. The topological polar surface area (TPSA) is 22.1 Å². The second-order valence-corrected chi connectivity index (χ2v) is 5.50. The molecular weight excluding hydrogens is 265 g/mol. The fourth-order valence-electron chi connectivity index (χ4n) is 1.72. The van der Waals surface area contributed by atoms with Gasteiger partial charge in [-0.25, -0.2) is 4.39 Å². The fraction of sp³-hybridized carbons (Fsp3) is 0.389. The predicted molar refractivity (Wildman–Crippen MR) is 85.0 cm³/mol. The molecule has 2 aromatic rings. The number of nitrogens with zero attached hydrogens (tertiary/aromatic N) is 1. The van der Waals surface area contributed by atoms with E-state index in [1.54, 1.807) is 12.3 Å². The van der Waals surface area contributed by atoms with Crippen molar-refractivity contribution in [2.75, 3.05) is 0 Å². The summed E-state index contributed by atoms with van der Waals surface area (Å²) in [7, 11) is 0. The minimum Gasteiger partial charge on any atom is -0.484 e. The van der Waals surface area contributed by atoms with Gasteiger partial charge in [0.15, 0.2) is 11.6 Å². The van der Waals surface area contributed by atoms with E-state index in [0.717, 1.165) is 11.3 Å². The number of hydrogen-bond donors (Lipinski definition) is 0. The molecule has 0 saturated carbocycles. The zero-order valence-corrected chi connectivity index (χ0v) is 13.5. The monoisotopic (exact) mass is 289 g/mol. The molecule has 1 aromatic carbocycles. The van der Waals surface area contributed by atoms with Crippen LogP contribution in [0.15, 0.2) is 42.6 Å². The average molecular weight is 289 g/mol. The summed E-state index contributed by atoms with van der Waals surface area (Å²) in [6.45, 7) is 10.4. The van der Waals surface area contributed by atoms with Gasteiger partial charge in [-0.2, -0.15) is 0 Å². The van der Waals surface area contributed by atoms with Crippen LogP contribution in [-0.2, 0) is 12.0 Å². The van der Waals surface area contributed by atoms with Gasteiger partial charge >= 0.3 is 0 Å². The van der Waals surface area contributed by atoms with Crippen molar-refractivity contribution in [3.05, 3.63) is 59.7 Å². The molecule has 3 heteroatoms. The minimum absolute atomic E-state index is 0.0691. The summed E-state index contributed by atoms with van der Waals surface area (Å²) in [4.78, 5) is 4.13. The Hall–Kier alpha value is -1.90. The molecule has 0 aliphatic rings. The summed E-state index contributed by atoms with van der Waals surface area (Å²) in [6, 6.07) is 10.7. The zero-order chi connectivity index (χ0) is 15.9. The van der Waals surface area contributed by atoms with Crippen molar-refractivity contribution >= 4 is 0 Å². The molecule has 0 spiro atoms. The van der Waals surface area contributed by atoms with Crippen molar-refractivity contribution < 1.29 is 9.13 Å². The number of ether oxygens (including phenoxy) is 1. The van der Waals surface area contributed by atoms with Crippen molar-refractivity contribution in [1.82, 2.24) is 4.98 Å². The number of rotatable bonds is 3. The van der Waals surface area contributed by atoms with Crippen LogP contribution in [0.2, 0.25) is 0 Å². The van der Waals surface area contributed by atoms with Gasteiger partial charge in [0.25, 0.3) is 0 Å². The first-order valence-corrected chi connectivity index (χ1v) is 7.29. The maximum absolute atomic E-state index is 13.9. The summed E-state index contributed by atoms with van der Waals surface area (Å²) < 4.78 is 19.4. The van der Waals surface area contributed by atoms with Crippen LogP contribution in [0.3, 0.4) is 0 Å². The molecule has 1 heterocycles. The molecule has 0 unspecified atom stereocenters. The molecule has 1 aromatic heterocycles. The zero-order valence-electron chi connectivity index (χ0n) is 13.5. The minimum atomic E-state index is -0.330. The molecule has 0 aliphatic carbocycles. The van der Waals surface area contributed by atoms with E-state index in [1.807, 2.05) is 38.1 Å². The molecule has 0 bridgehead atoms. The number of benzene rings is 1. The molecule has 0 radical (unpaired) electrons. The van der Waals surface area contributed by atoms with Crippen LogP contribution in [0.5, 0.6) is 5.75 Å². The van der Waals surface area contributed by atoms with Gasteiger partial charge in [0.1, 0.15) is 6.61 Å². The summed E-state index contributed by atoms with van der Waals surface area (Å²) >= 11 is 0. The van der Waals surface area contributed by atoms with Crippen molar-refractivity contribution in [3.63, 3.8) is 0 Å². The molecule has 2 rings (SSSR count). The molecule has 21 heavy (non-hydrogen) atoms. The summed E-state index contributed by atoms with van der Waals surface area (Å²) in [5.74, 6) is -0.0676. The highest BCUT2D eigenvalue weighted by atomic mass is 19.1. The normalized spacial score (nSPS) is 10.6. The largest absolute Gasteiger partial charge is 0.484 e. The van der Waals surface area contributed by atoms with E-state index in [1.165, 1.54) is 6.07 Å². The van der Waals surface area contributed by atoms with Crippen LogP contribution in [0.1, 0.15) is 45.9 Å². The van der Waals surface area contributed by atoms with Crippen LogP contribution >= 0.6 is 0 Å². The van der Waals surface area contributed by atoms with Crippen LogP contribution in [0, 0.1) is 5.82 Å². The van der Waals surface area contributed by atoms with Gasteiger partial charge < -0.3 is 4.74 Å². The lowest BCUT2D eigenvalue weighted by Crippen LogP contribution is -2.11. The molecule has 0 saturated heterocycles. The van der Waals surface area contributed by atoms with Crippen LogP contribution < -0.4 is 4.74 Å². The maximum Gasteiger partial charge on any atom is 0.165 e. The third kappa shape index (κ3) is 5.18. The fourth-order valence-corrected chi connectivity index (χ4v) is 1.72. The molecule has 114 valence electrons. The van der Waals surface area contributed by atoms with E-state index in [-0.39, 0.29) is 23.6 Å². The third-order valence-corrected chi connectivity index (χ3v) is 2.90. The van der Waals surface area contributed by atoms with E-state index >= 15 is 0 Å². The Morgan fingerprint density at radius 3 is 2.33 bits per heavy atom. The Balaban J connectivity index is 0.00000106. The molecule has 0 atom stereocenters. The molecule has 0 fully saturated rings. The summed E-state index contributed by atoms with van der Waals surface area (Å²) in [6.07, 6.45) is 1.69. The molecule has 0 aliphatic heterocycles. The molecule has 0 amide bonds. The van der Waals surface area contributed by atoms with Crippen molar-refractivity contribution in [1.29, 1.82) is 0 Å². The van der Waals surface area contributed by atoms with E-state index in [4.69, 9.17) is 4.74 Å².